The Balaban J connectivity index is 1.91. The molecule has 9 nitrogen and oxygen atoms in total. The lowest BCUT2D eigenvalue weighted by atomic mass is 10.1. The molecule has 0 spiro atoms. The third-order valence-corrected chi connectivity index (χ3v) is 4.69. The predicted molar refractivity (Wildman–Crippen MR) is 111 cm³/mol. The third kappa shape index (κ3) is 3.16. The number of hydrogen-bond acceptors (Lipinski definition) is 7. The van der Waals surface area contributed by atoms with Crippen LogP contribution in [0.4, 0.5) is 11.6 Å². The molecule has 0 saturated heterocycles. The minimum atomic E-state index is -1.06. The molecular formula is C21H17N7O2. The van der Waals surface area contributed by atoms with Gasteiger partial charge < -0.3 is 16.2 Å². The van der Waals surface area contributed by atoms with Crippen molar-refractivity contribution in [2.24, 2.45) is 0 Å². The van der Waals surface area contributed by atoms with Gasteiger partial charge in [0.1, 0.15) is 40.9 Å². The minimum absolute atomic E-state index is 0.0775. The molecule has 0 aliphatic rings. The minimum Gasteiger partial charge on any atom is -0.477 e. The number of pyridine rings is 1. The lowest BCUT2D eigenvalue weighted by Gasteiger charge is -2.16. The summed E-state index contributed by atoms with van der Waals surface area (Å²) in [5, 5.41) is 22.3. The van der Waals surface area contributed by atoms with Crippen molar-refractivity contribution in [2.45, 2.75) is 13.0 Å². The number of carboxylic acids is 1. The van der Waals surface area contributed by atoms with E-state index >= 15 is 0 Å². The molecular weight excluding hydrogens is 382 g/mol. The van der Waals surface area contributed by atoms with Gasteiger partial charge in [0.05, 0.1) is 17.4 Å². The van der Waals surface area contributed by atoms with Crippen LogP contribution in [0.3, 0.4) is 0 Å². The summed E-state index contributed by atoms with van der Waals surface area (Å²) < 4.78 is 1.62. The van der Waals surface area contributed by atoms with E-state index in [1.54, 1.807) is 16.5 Å². The Bertz CT molecular complexity index is 1290. The molecule has 9 heteroatoms. The lowest BCUT2D eigenvalue weighted by molar-refractivity contribution is 0.0689. The van der Waals surface area contributed by atoms with Crippen LogP contribution in [0.15, 0.2) is 54.9 Å². The lowest BCUT2D eigenvalue weighted by Crippen LogP contribution is -2.13. The first-order valence-electron chi connectivity index (χ1n) is 9.08. The highest BCUT2D eigenvalue weighted by atomic mass is 16.4. The fraction of sp³-hybridized carbons (Fsp3) is 0.0952. The van der Waals surface area contributed by atoms with E-state index in [4.69, 9.17) is 5.73 Å². The van der Waals surface area contributed by atoms with Gasteiger partial charge >= 0.3 is 5.97 Å². The molecule has 30 heavy (non-hydrogen) atoms. The molecule has 4 N–H and O–H groups in total. The highest BCUT2D eigenvalue weighted by molar-refractivity contribution is 5.88. The SMILES string of the molecule is CC(Nc1ncnc(N)c1C#N)c1nc2cccc(C(=O)O)n2c1-c1ccccc1. The van der Waals surface area contributed by atoms with E-state index in [1.165, 1.54) is 12.4 Å². The Hall–Kier alpha value is -4.45. The molecule has 1 unspecified atom stereocenters. The summed E-state index contributed by atoms with van der Waals surface area (Å²) in [4.78, 5) is 24.5. The van der Waals surface area contributed by atoms with E-state index in [0.29, 0.717) is 17.0 Å². The largest absolute Gasteiger partial charge is 0.477 e. The van der Waals surface area contributed by atoms with E-state index in [0.717, 1.165) is 5.56 Å². The van der Waals surface area contributed by atoms with Crippen molar-refractivity contribution in [3.8, 4) is 17.3 Å². The number of rotatable bonds is 5. The average Bonchev–Trinajstić information content (AvgIpc) is 3.14. The highest BCUT2D eigenvalue weighted by Crippen LogP contribution is 2.32. The second kappa shape index (κ2) is 7.52. The number of nitrogens with one attached hydrogen (secondary N) is 1. The van der Waals surface area contributed by atoms with Crippen molar-refractivity contribution in [1.29, 1.82) is 5.26 Å². The maximum atomic E-state index is 11.9. The van der Waals surface area contributed by atoms with Crippen molar-refractivity contribution in [3.63, 3.8) is 0 Å². The first-order valence-corrected chi connectivity index (χ1v) is 9.08. The van der Waals surface area contributed by atoms with Gasteiger partial charge in [-0.3, -0.25) is 4.40 Å². The average molecular weight is 399 g/mol. The molecule has 0 bridgehead atoms. The zero-order valence-electron chi connectivity index (χ0n) is 15.9. The topological polar surface area (TPSA) is 142 Å². The second-order valence-electron chi connectivity index (χ2n) is 6.58. The Morgan fingerprint density at radius 1 is 1.20 bits per heavy atom. The Kier molecular flexibility index (Phi) is 4.74. The van der Waals surface area contributed by atoms with E-state index < -0.39 is 12.0 Å². The number of nitrogens with two attached hydrogens (primary N) is 1. The van der Waals surface area contributed by atoms with Crippen molar-refractivity contribution in [1.82, 2.24) is 19.4 Å². The molecule has 148 valence electrons. The summed E-state index contributed by atoms with van der Waals surface area (Å²) in [6.45, 7) is 1.86. The van der Waals surface area contributed by atoms with Crippen LogP contribution >= 0.6 is 0 Å². The number of carboxylic acid groups (broad SMARTS) is 1. The molecule has 3 heterocycles. The first-order chi connectivity index (χ1) is 14.5. The number of aromatic carboxylic acids is 1. The van der Waals surface area contributed by atoms with Crippen LogP contribution in [0, 0.1) is 11.3 Å². The summed E-state index contributed by atoms with van der Waals surface area (Å²) in [6, 6.07) is 15.9. The number of imidazole rings is 1. The molecule has 0 aliphatic carbocycles. The fourth-order valence-electron chi connectivity index (χ4n) is 3.35. The van der Waals surface area contributed by atoms with E-state index in [9.17, 15) is 15.2 Å². The van der Waals surface area contributed by atoms with Crippen LogP contribution < -0.4 is 11.1 Å². The summed E-state index contributed by atoms with van der Waals surface area (Å²) in [5.41, 5.74) is 8.58. The van der Waals surface area contributed by atoms with Gasteiger partial charge in [0.15, 0.2) is 0 Å². The third-order valence-electron chi connectivity index (χ3n) is 4.69. The molecule has 4 rings (SSSR count). The van der Waals surface area contributed by atoms with E-state index in [-0.39, 0.29) is 22.9 Å². The summed E-state index contributed by atoms with van der Waals surface area (Å²) in [5.74, 6) is -0.696. The van der Waals surface area contributed by atoms with Crippen LogP contribution in [-0.4, -0.2) is 30.4 Å². The van der Waals surface area contributed by atoms with Gasteiger partial charge in [-0.15, -0.1) is 0 Å². The number of nitrogens with zero attached hydrogens (tertiary/aromatic N) is 5. The number of nitrogen functional groups attached to an aromatic ring is 1. The zero-order chi connectivity index (χ0) is 21.3. The molecule has 3 aromatic heterocycles. The standard InChI is InChI=1S/C21H17N7O2/c1-12(26-20-14(10-22)19(23)24-11-25-20)17-18(13-6-3-2-4-7-13)28-15(21(29)30)8-5-9-16(28)27-17/h2-9,11-12H,1H3,(H,29,30)(H3,23,24,25,26). The summed E-state index contributed by atoms with van der Waals surface area (Å²) in [7, 11) is 0. The maximum Gasteiger partial charge on any atom is 0.352 e. The van der Waals surface area contributed by atoms with E-state index in [2.05, 4.69) is 20.3 Å². The molecule has 1 atom stereocenters. The molecule has 4 aromatic rings. The van der Waals surface area contributed by atoms with Crippen LogP contribution in [0.5, 0.6) is 0 Å². The van der Waals surface area contributed by atoms with Crippen LogP contribution in [0.2, 0.25) is 0 Å². The zero-order valence-corrected chi connectivity index (χ0v) is 15.9. The second-order valence-corrected chi connectivity index (χ2v) is 6.58. The number of anilines is 2. The Morgan fingerprint density at radius 2 is 1.97 bits per heavy atom. The first kappa shape index (κ1) is 18.9. The monoisotopic (exact) mass is 399 g/mol. The van der Waals surface area contributed by atoms with Crippen LogP contribution in [-0.2, 0) is 0 Å². The number of nitriles is 1. The van der Waals surface area contributed by atoms with Crippen molar-refractivity contribution in [3.05, 3.63) is 71.8 Å². The normalized spacial score (nSPS) is 11.7. The molecule has 0 fully saturated rings. The van der Waals surface area contributed by atoms with Gasteiger partial charge in [0.25, 0.3) is 0 Å². The highest BCUT2D eigenvalue weighted by Gasteiger charge is 2.23. The number of carbonyl (C=O) groups is 1. The van der Waals surface area contributed by atoms with Crippen LogP contribution in [0.1, 0.15) is 34.7 Å². The van der Waals surface area contributed by atoms with Gasteiger partial charge in [-0.05, 0) is 19.1 Å². The van der Waals surface area contributed by atoms with E-state index in [1.807, 2.05) is 43.3 Å². The number of hydrogen-bond donors (Lipinski definition) is 3. The molecule has 0 aliphatic heterocycles. The summed E-state index contributed by atoms with van der Waals surface area (Å²) >= 11 is 0. The summed E-state index contributed by atoms with van der Waals surface area (Å²) in [6.07, 6.45) is 1.27. The number of fused-ring (bicyclic) bond motifs is 1. The Morgan fingerprint density at radius 3 is 2.67 bits per heavy atom. The predicted octanol–water partition coefficient (Wildman–Crippen LogP) is 3.12. The Labute approximate surface area is 171 Å². The molecule has 0 radical (unpaired) electrons. The number of benzene rings is 1. The van der Waals surface area contributed by atoms with Gasteiger partial charge in [0.2, 0.25) is 0 Å². The molecule has 0 amide bonds. The van der Waals surface area contributed by atoms with Gasteiger partial charge in [-0.2, -0.15) is 5.26 Å². The molecule has 0 saturated carbocycles. The fourth-order valence-corrected chi connectivity index (χ4v) is 3.35. The van der Waals surface area contributed by atoms with Gasteiger partial charge in [0, 0.05) is 5.56 Å². The van der Waals surface area contributed by atoms with Crippen molar-refractivity contribution < 1.29 is 9.90 Å². The molecule has 1 aromatic carbocycles. The smallest absolute Gasteiger partial charge is 0.352 e. The van der Waals surface area contributed by atoms with Gasteiger partial charge in [-0.1, -0.05) is 36.4 Å². The quantitative estimate of drug-likeness (QED) is 0.464. The van der Waals surface area contributed by atoms with Crippen LogP contribution in [0.25, 0.3) is 16.9 Å². The number of aromatic nitrogens is 4. The van der Waals surface area contributed by atoms with Crippen molar-refractivity contribution in [2.75, 3.05) is 11.1 Å². The van der Waals surface area contributed by atoms with Crippen molar-refractivity contribution >= 4 is 23.3 Å². The van der Waals surface area contributed by atoms with Gasteiger partial charge in [-0.25, -0.2) is 19.7 Å². The maximum absolute atomic E-state index is 11.9.